The van der Waals surface area contributed by atoms with Gasteiger partial charge in [0.25, 0.3) is 0 Å². The SMILES string of the molecule is N#C[C@@H]1CCCC[C@H]1N1NC(Nc2ccnc(F)c2)C2C(=O)NCCC21. The van der Waals surface area contributed by atoms with E-state index >= 15 is 0 Å². The predicted octanol–water partition coefficient (Wildman–Crippen LogP) is 1.37. The van der Waals surface area contributed by atoms with Crippen LogP contribution in [0.15, 0.2) is 18.3 Å². The number of hydrogen-bond donors (Lipinski definition) is 3. The maximum Gasteiger partial charge on any atom is 0.228 e. The van der Waals surface area contributed by atoms with Gasteiger partial charge in [0.2, 0.25) is 11.9 Å². The molecule has 3 N–H and O–H groups in total. The van der Waals surface area contributed by atoms with Gasteiger partial charge in [-0.3, -0.25) is 4.79 Å². The summed E-state index contributed by atoms with van der Waals surface area (Å²) in [6.07, 6.45) is 5.91. The average Bonchev–Trinajstić information content (AvgIpc) is 3.01. The average molecular weight is 358 g/mol. The molecule has 7 nitrogen and oxygen atoms in total. The molecular weight excluding hydrogens is 335 g/mol. The van der Waals surface area contributed by atoms with Crippen molar-refractivity contribution in [1.82, 2.24) is 20.7 Å². The molecule has 3 heterocycles. The number of nitriles is 1. The summed E-state index contributed by atoms with van der Waals surface area (Å²) >= 11 is 0. The number of nitrogens with one attached hydrogen (secondary N) is 3. The molecule has 2 aliphatic heterocycles. The number of pyridine rings is 1. The largest absolute Gasteiger partial charge is 0.368 e. The van der Waals surface area contributed by atoms with Crippen molar-refractivity contribution in [3.63, 3.8) is 0 Å². The fourth-order valence-electron chi connectivity index (χ4n) is 4.57. The lowest BCUT2D eigenvalue weighted by molar-refractivity contribution is -0.128. The molecule has 1 aromatic heterocycles. The molecule has 26 heavy (non-hydrogen) atoms. The van der Waals surface area contributed by atoms with Crippen molar-refractivity contribution >= 4 is 11.6 Å². The second-order valence-electron chi connectivity index (χ2n) is 7.29. The molecule has 1 amide bonds. The molecule has 0 spiro atoms. The minimum atomic E-state index is -0.564. The molecule has 0 bridgehead atoms. The number of nitrogens with zero attached hydrogens (tertiary/aromatic N) is 3. The van der Waals surface area contributed by atoms with E-state index in [0.29, 0.717) is 12.2 Å². The highest BCUT2D eigenvalue weighted by atomic mass is 19.1. The Morgan fingerprint density at radius 2 is 2.15 bits per heavy atom. The summed E-state index contributed by atoms with van der Waals surface area (Å²) in [5, 5.41) is 17.9. The van der Waals surface area contributed by atoms with E-state index in [1.165, 1.54) is 12.3 Å². The second-order valence-corrected chi connectivity index (χ2v) is 7.29. The maximum atomic E-state index is 13.4. The molecule has 1 aliphatic carbocycles. The van der Waals surface area contributed by atoms with Crippen molar-refractivity contribution in [3.05, 3.63) is 24.3 Å². The fraction of sp³-hybridized carbons (Fsp3) is 0.611. The summed E-state index contributed by atoms with van der Waals surface area (Å²) in [6.45, 7) is 0.638. The van der Waals surface area contributed by atoms with Gasteiger partial charge in [0.1, 0.15) is 6.17 Å². The van der Waals surface area contributed by atoms with E-state index in [9.17, 15) is 14.4 Å². The van der Waals surface area contributed by atoms with Gasteiger partial charge in [-0.25, -0.2) is 15.4 Å². The van der Waals surface area contributed by atoms with E-state index in [-0.39, 0.29) is 36.0 Å². The predicted molar refractivity (Wildman–Crippen MR) is 92.8 cm³/mol. The van der Waals surface area contributed by atoms with Crippen molar-refractivity contribution in [2.45, 2.75) is 50.4 Å². The molecule has 0 radical (unpaired) electrons. The molecule has 3 aliphatic rings. The number of fused-ring (bicyclic) bond motifs is 1. The number of hydrazine groups is 1. The number of amides is 1. The van der Waals surface area contributed by atoms with Crippen LogP contribution in [0.4, 0.5) is 10.1 Å². The van der Waals surface area contributed by atoms with Crippen LogP contribution >= 0.6 is 0 Å². The monoisotopic (exact) mass is 358 g/mol. The molecule has 0 aromatic carbocycles. The first-order valence-electron chi connectivity index (χ1n) is 9.27. The minimum Gasteiger partial charge on any atom is -0.368 e. The van der Waals surface area contributed by atoms with Crippen LogP contribution in [0, 0.1) is 29.1 Å². The molecule has 4 rings (SSSR count). The molecule has 8 heteroatoms. The highest BCUT2D eigenvalue weighted by Gasteiger charge is 2.51. The molecule has 3 unspecified atom stereocenters. The third-order valence-corrected chi connectivity index (χ3v) is 5.76. The molecule has 5 atom stereocenters. The van der Waals surface area contributed by atoms with Gasteiger partial charge in [0, 0.05) is 36.6 Å². The topological polar surface area (TPSA) is 93.1 Å². The number of rotatable bonds is 3. The van der Waals surface area contributed by atoms with E-state index in [1.54, 1.807) is 6.07 Å². The van der Waals surface area contributed by atoms with Crippen molar-refractivity contribution in [2.75, 3.05) is 11.9 Å². The van der Waals surface area contributed by atoms with Gasteiger partial charge in [-0.05, 0) is 25.3 Å². The zero-order chi connectivity index (χ0) is 18.1. The number of aromatic nitrogens is 1. The van der Waals surface area contributed by atoms with Gasteiger partial charge in [0.15, 0.2) is 0 Å². The van der Waals surface area contributed by atoms with Crippen LogP contribution in [-0.4, -0.2) is 40.7 Å². The Kier molecular flexibility index (Phi) is 4.74. The summed E-state index contributed by atoms with van der Waals surface area (Å²) < 4.78 is 13.4. The van der Waals surface area contributed by atoms with Crippen molar-refractivity contribution in [3.8, 4) is 6.07 Å². The first-order valence-corrected chi connectivity index (χ1v) is 9.27. The molecular formula is C18H23FN6O. The Labute approximate surface area is 151 Å². The summed E-state index contributed by atoms with van der Waals surface area (Å²) in [5.41, 5.74) is 4.01. The van der Waals surface area contributed by atoms with Crippen molar-refractivity contribution in [2.24, 2.45) is 11.8 Å². The summed E-state index contributed by atoms with van der Waals surface area (Å²) in [7, 11) is 0. The third kappa shape index (κ3) is 3.13. The van der Waals surface area contributed by atoms with Crippen LogP contribution < -0.4 is 16.1 Å². The van der Waals surface area contributed by atoms with Crippen molar-refractivity contribution < 1.29 is 9.18 Å². The van der Waals surface area contributed by atoms with Gasteiger partial charge < -0.3 is 10.6 Å². The van der Waals surface area contributed by atoms with Crippen LogP contribution in [-0.2, 0) is 4.79 Å². The van der Waals surface area contributed by atoms with Crippen molar-refractivity contribution in [1.29, 1.82) is 5.26 Å². The molecule has 2 saturated heterocycles. The van der Waals surface area contributed by atoms with E-state index in [4.69, 9.17) is 0 Å². The quantitative estimate of drug-likeness (QED) is 0.707. The zero-order valence-corrected chi connectivity index (χ0v) is 14.5. The Morgan fingerprint density at radius 3 is 2.96 bits per heavy atom. The normalized spacial score (nSPS) is 34.6. The van der Waals surface area contributed by atoms with Gasteiger partial charge in [0.05, 0.1) is 17.9 Å². The van der Waals surface area contributed by atoms with Crippen LogP contribution in [0.5, 0.6) is 0 Å². The van der Waals surface area contributed by atoms with Crippen LogP contribution in [0.2, 0.25) is 0 Å². The third-order valence-electron chi connectivity index (χ3n) is 5.76. The highest BCUT2D eigenvalue weighted by molar-refractivity contribution is 5.82. The fourth-order valence-corrected chi connectivity index (χ4v) is 4.57. The standard InChI is InChI=1S/C18H23FN6O/c19-15-9-12(5-7-21-15)23-17-16-14(6-8-22-18(16)26)25(24-17)13-4-2-1-3-11(13)10-20/h5,7,9,11,13-14,16-17,24H,1-4,6,8H2,(H,21,23)(H,22,26)/t11-,13+,14?,16?,17?/m0/s1. The number of carbonyl (C=O) groups is 1. The van der Waals surface area contributed by atoms with Crippen LogP contribution in [0.1, 0.15) is 32.1 Å². The van der Waals surface area contributed by atoms with E-state index in [0.717, 1.165) is 32.1 Å². The number of hydrogen-bond acceptors (Lipinski definition) is 6. The molecule has 138 valence electrons. The second kappa shape index (κ2) is 7.17. The Hall–Kier alpha value is -2.24. The van der Waals surface area contributed by atoms with E-state index < -0.39 is 5.95 Å². The van der Waals surface area contributed by atoms with Gasteiger partial charge in [-0.1, -0.05) is 12.8 Å². The highest BCUT2D eigenvalue weighted by Crippen LogP contribution is 2.36. The smallest absolute Gasteiger partial charge is 0.228 e. The molecule has 3 fully saturated rings. The molecule has 1 saturated carbocycles. The Balaban J connectivity index is 1.59. The Bertz CT molecular complexity index is 722. The van der Waals surface area contributed by atoms with Gasteiger partial charge in [-0.2, -0.15) is 9.65 Å². The van der Waals surface area contributed by atoms with Crippen LogP contribution in [0.3, 0.4) is 0 Å². The van der Waals surface area contributed by atoms with Gasteiger partial charge >= 0.3 is 0 Å². The lowest BCUT2D eigenvalue weighted by Crippen LogP contribution is -2.54. The number of anilines is 1. The van der Waals surface area contributed by atoms with Gasteiger partial charge in [-0.15, -0.1) is 0 Å². The Morgan fingerprint density at radius 1 is 1.31 bits per heavy atom. The number of carbonyl (C=O) groups excluding carboxylic acids is 1. The first kappa shape index (κ1) is 17.2. The minimum absolute atomic E-state index is 0.00686. The maximum absolute atomic E-state index is 13.4. The summed E-state index contributed by atoms with van der Waals surface area (Å²) in [6, 6.07) is 5.59. The molecule has 1 aromatic rings. The van der Waals surface area contributed by atoms with Crippen LogP contribution in [0.25, 0.3) is 0 Å². The first-order chi connectivity index (χ1) is 12.7. The zero-order valence-electron chi connectivity index (χ0n) is 14.5. The van der Waals surface area contributed by atoms with E-state index in [2.05, 4.69) is 32.1 Å². The summed E-state index contributed by atoms with van der Waals surface area (Å²) in [5.74, 6) is -0.890. The summed E-state index contributed by atoms with van der Waals surface area (Å²) in [4.78, 5) is 16.1. The number of piperidine rings is 1. The van der Waals surface area contributed by atoms with E-state index in [1.807, 2.05) is 0 Å². The lowest BCUT2D eigenvalue weighted by Gasteiger charge is -2.39. The number of halogens is 1. The lowest BCUT2D eigenvalue weighted by atomic mass is 9.83.